The van der Waals surface area contributed by atoms with Crippen LogP contribution in [0.25, 0.3) is 0 Å². The van der Waals surface area contributed by atoms with Gasteiger partial charge in [0.25, 0.3) is 4.90 Å². The van der Waals surface area contributed by atoms with Crippen LogP contribution in [0.4, 0.5) is 27.6 Å². The quantitative estimate of drug-likeness (QED) is 0.0545. The topological polar surface area (TPSA) is 87.2 Å². The monoisotopic (exact) mass is 743 g/mol. The molecule has 1 aliphatic carbocycles. The summed E-state index contributed by atoms with van der Waals surface area (Å²) >= 11 is 0. The van der Waals surface area contributed by atoms with Gasteiger partial charge in [0.1, 0.15) is 12.6 Å². The molecule has 0 aromatic heterocycles. The third-order valence-electron chi connectivity index (χ3n) is 9.60. The average molecular weight is 744 g/mol. The number of hydrogen-bond acceptors (Lipinski definition) is 4. The van der Waals surface area contributed by atoms with Crippen molar-refractivity contribution < 1.29 is 45.0 Å². The molecule has 1 unspecified atom stereocenters. The van der Waals surface area contributed by atoms with Crippen LogP contribution in [0.2, 0.25) is 0 Å². The second-order valence-corrected chi connectivity index (χ2v) is 15.1. The minimum atomic E-state index is -5.20. The highest BCUT2D eigenvalue weighted by molar-refractivity contribution is 7.95. The summed E-state index contributed by atoms with van der Waals surface area (Å²) in [4.78, 5) is 26.8. The summed E-state index contributed by atoms with van der Waals surface area (Å²) in [5, 5.41) is 0. The van der Waals surface area contributed by atoms with E-state index >= 15 is 0 Å². The van der Waals surface area contributed by atoms with Gasteiger partial charge in [0.15, 0.2) is 0 Å². The molecule has 1 amide bonds. The van der Waals surface area contributed by atoms with Gasteiger partial charge >= 0.3 is 16.4 Å². The fourth-order valence-electron chi connectivity index (χ4n) is 6.64. The molecule has 1 saturated carbocycles. The van der Waals surface area contributed by atoms with E-state index in [-0.39, 0.29) is 18.7 Å². The first-order chi connectivity index (χ1) is 24.6. The molecule has 7 nitrogen and oxygen atoms in total. The predicted molar refractivity (Wildman–Crippen MR) is 187 cm³/mol. The Morgan fingerprint density at radius 1 is 0.827 bits per heavy atom. The third-order valence-corrected chi connectivity index (χ3v) is 11.6. The van der Waals surface area contributed by atoms with Gasteiger partial charge in [-0.3, -0.25) is 4.79 Å². The molecule has 1 fully saturated rings. The summed E-state index contributed by atoms with van der Waals surface area (Å²) in [5.74, 6) is -13.2. The van der Waals surface area contributed by atoms with E-state index in [1.54, 1.807) is 26.0 Å². The van der Waals surface area contributed by atoms with Crippen molar-refractivity contribution in [3.63, 3.8) is 0 Å². The van der Waals surface area contributed by atoms with Gasteiger partial charge in [-0.15, -0.1) is 0 Å². The molecule has 0 aliphatic heterocycles. The number of aryl methyl sites for hydroxylation is 2. The van der Waals surface area contributed by atoms with Crippen LogP contribution in [0.3, 0.4) is 0 Å². The molecule has 4 aromatic carbocycles. The van der Waals surface area contributed by atoms with Gasteiger partial charge in [-0.1, -0.05) is 78.2 Å². The summed E-state index contributed by atoms with van der Waals surface area (Å²) in [6.07, 6.45) is 5.65. The molecule has 0 heterocycles. The van der Waals surface area contributed by atoms with Gasteiger partial charge < -0.3 is 9.64 Å². The number of carbonyl (C=O) groups excluding carboxylic acids is 2. The summed E-state index contributed by atoms with van der Waals surface area (Å²) in [6, 6.07) is 18.3. The lowest BCUT2D eigenvalue weighted by atomic mass is 9.84. The lowest BCUT2D eigenvalue weighted by Crippen LogP contribution is -2.50. The molecule has 0 radical (unpaired) electrons. The SMILES string of the molecule is Cc1cc(C(=O)OCc2ccccc2)cc(C)c1N(Cc1ccc(C2CCCCC2)cc1)C(=O)[C@@H](C)N(C)[S+](=O)(O)c1c(F)c(F)c(F)c(F)c1F. The zero-order valence-electron chi connectivity index (χ0n) is 29.2. The zero-order valence-corrected chi connectivity index (χ0v) is 30.0. The first-order valence-corrected chi connectivity index (χ1v) is 18.3. The minimum absolute atomic E-state index is 0.0360. The fraction of sp³-hybridized carbons (Fsp3) is 0.333. The first-order valence-electron chi connectivity index (χ1n) is 16.9. The first kappa shape index (κ1) is 38.8. The van der Waals surface area contributed by atoms with E-state index in [1.807, 2.05) is 54.6 Å². The summed E-state index contributed by atoms with van der Waals surface area (Å²) in [7, 11) is -4.32. The lowest BCUT2D eigenvalue weighted by molar-refractivity contribution is -0.121. The normalized spacial score (nSPS) is 15.3. The number of ether oxygens (including phenoxy) is 1. The molecule has 4 aromatic rings. The molecular weight excluding hydrogens is 703 g/mol. The van der Waals surface area contributed by atoms with Crippen LogP contribution in [-0.4, -0.2) is 33.8 Å². The molecule has 0 spiro atoms. The second kappa shape index (κ2) is 16.1. The molecule has 2 atom stereocenters. The Hall–Kier alpha value is -4.46. The molecule has 0 saturated heterocycles. The Morgan fingerprint density at radius 3 is 1.92 bits per heavy atom. The van der Waals surface area contributed by atoms with Crippen LogP contribution in [0.15, 0.2) is 71.6 Å². The Morgan fingerprint density at radius 2 is 1.37 bits per heavy atom. The fourth-order valence-corrected chi connectivity index (χ4v) is 8.10. The lowest BCUT2D eigenvalue weighted by Gasteiger charge is -2.31. The largest absolute Gasteiger partial charge is 0.457 e. The molecule has 1 aliphatic rings. The molecule has 5 rings (SSSR count). The number of nitrogens with zero attached hydrogens (tertiary/aromatic N) is 2. The Balaban J connectivity index is 1.50. The number of carbonyl (C=O) groups is 2. The molecule has 276 valence electrons. The maximum Gasteiger partial charge on any atom is 0.338 e. The van der Waals surface area contributed by atoms with E-state index in [1.165, 1.54) is 23.8 Å². The van der Waals surface area contributed by atoms with Crippen LogP contribution in [-0.2, 0) is 37.3 Å². The second-order valence-electron chi connectivity index (χ2n) is 13.1. The van der Waals surface area contributed by atoms with E-state index in [0.717, 1.165) is 38.3 Å². The van der Waals surface area contributed by atoms with Gasteiger partial charge in [0.05, 0.1) is 12.1 Å². The van der Waals surface area contributed by atoms with Crippen LogP contribution in [0, 0.1) is 42.9 Å². The number of amides is 1. The average Bonchev–Trinajstić information content (AvgIpc) is 3.14. The van der Waals surface area contributed by atoms with Gasteiger partial charge in [-0.25, -0.2) is 18.0 Å². The molecule has 0 bridgehead atoms. The highest BCUT2D eigenvalue weighted by Crippen LogP contribution is 2.36. The van der Waals surface area contributed by atoms with Crippen molar-refractivity contribution in [2.45, 2.75) is 82.9 Å². The summed E-state index contributed by atoms with van der Waals surface area (Å²) in [6.45, 7) is 4.50. The number of esters is 1. The number of likely N-dealkylation sites (N-methyl/N-ethyl adjacent to an activating group) is 1. The van der Waals surface area contributed by atoms with E-state index in [0.29, 0.717) is 32.6 Å². The minimum Gasteiger partial charge on any atom is -0.457 e. The van der Waals surface area contributed by atoms with Gasteiger partial charge in [-0.05, 0) is 83.7 Å². The molecule has 52 heavy (non-hydrogen) atoms. The number of rotatable bonds is 11. The highest BCUT2D eigenvalue weighted by Gasteiger charge is 2.50. The number of halogens is 5. The predicted octanol–water partition coefficient (Wildman–Crippen LogP) is 9.20. The van der Waals surface area contributed by atoms with Crippen molar-refractivity contribution in [2.75, 3.05) is 11.9 Å². The van der Waals surface area contributed by atoms with Crippen molar-refractivity contribution in [3.8, 4) is 0 Å². The van der Waals surface area contributed by atoms with Crippen molar-refractivity contribution >= 4 is 28.0 Å². The number of hydrogen-bond donors (Lipinski definition) is 1. The van der Waals surface area contributed by atoms with Crippen molar-refractivity contribution in [1.82, 2.24) is 4.31 Å². The molecule has 1 N–H and O–H groups in total. The van der Waals surface area contributed by atoms with Crippen LogP contribution in [0.5, 0.6) is 0 Å². The van der Waals surface area contributed by atoms with Crippen molar-refractivity contribution in [1.29, 1.82) is 0 Å². The van der Waals surface area contributed by atoms with E-state index in [9.17, 15) is 40.3 Å². The third kappa shape index (κ3) is 7.96. The molecule has 13 heteroatoms. The van der Waals surface area contributed by atoms with Crippen molar-refractivity contribution in [3.05, 3.63) is 129 Å². The summed E-state index contributed by atoms with van der Waals surface area (Å²) < 4.78 is 102. The van der Waals surface area contributed by atoms with Crippen molar-refractivity contribution in [2.24, 2.45) is 0 Å². The maximum atomic E-state index is 14.7. The highest BCUT2D eigenvalue weighted by atomic mass is 32.3. The number of benzene rings is 4. The standard InChI is InChI=1S/C39H39F5N2O5S/c1-23-19-30(39(48)51-22-27-11-7-5-8-12-27)20-24(2)36(23)46(21-26-15-17-29(18-16-26)28-13-9-6-10-14-28)38(47)25(3)45(4)52(49,50)37-34(43)32(41)31(40)33(42)35(37)44/h5,7-8,11-12,15-20,25,28H,6,9-10,13-14,21-22H2,1-4H3/p+1/t25-/m1/s1. The van der Waals surface area contributed by atoms with E-state index < -0.39 is 62.3 Å². The van der Waals surface area contributed by atoms with Gasteiger partial charge in [-0.2, -0.15) is 13.3 Å². The van der Waals surface area contributed by atoms with Gasteiger partial charge in [0.2, 0.25) is 35.0 Å². The molecular formula is C39H40F5N2O5S+. The van der Waals surface area contributed by atoms with Gasteiger partial charge in [0, 0.05) is 12.7 Å². The van der Waals surface area contributed by atoms with E-state index in [2.05, 4.69) is 0 Å². The Labute approximate surface area is 300 Å². The Kier molecular flexibility index (Phi) is 12.0. The smallest absolute Gasteiger partial charge is 0.338 e. The Bertz CT molecular complexity index is 1950. The van der Waals surface area contributed by atoms with Crippen LogP contribution < -0.4 is 4.90 Å². The van der Waals surface area contributed by atoms with E-state index in [4.69, 9.17) is 4.74 Å². The number of anilines is 1. The maximum absolute atomic E-state index is 14.7. The zero-order chi connectivity index (χ0) is 37.9. The van der Waals surface area contributed by atoms with Crippen LogP contribution in [0.1, 0.15) is 83.1 Å². The summed E-state index contributed by atoms with van der Waals surface area (Å²) in [5.41, 5.74) is 4.16. The van der Waals surface area contributed by atoms with Crippen LogP contribution >= 0.6 is 0 Å².